The molecule has 158 valence electrons. The van der Waals surface area contributed by atoms with Gasteiger partial charge in [-0.05, 0) is 67.8 Å². The molecule has 1 aliphatic rings. The van der Waals surface area contributed by atoms with Crippen LogP contribution in [-0.4, -0.2) is 36.1 Å². The van der Waals surface area contributed by atoms with E-state index in [4.69, 9.17) is 9.26 Å². The first-order valence-electron chi connectivity index (χ1n) is 10.5. The molecule has 1 aromatic heterocycles. The van der Waals surface area contributed by atoms with Crippen molar-refractivity contribution in [2.45, 2.75) is 66.2 Å². The zero-order valence-electron chi connectivity index (χ0n) is 18.4. The lowest BCUT2D eigenvalue weighted by Gasteiger charge is -2.30. The summed E-state index contributed by atoms with van der Waals surface area (Å²) in [6, 6.07) is 0.685. The van der Waals surface area contributed by atoms with E-state index in [0.717, 1.165) is 43.6 Å². The molecule has 2 heterocycles. The number of hydrogen-bond donors (Lipinski definition) is 0. The fourth-order valence-electron chi connectivity index (χ4n) is 3.35. The summed E-state index contributed by atoms with van der Waals surface area (Å²) >= 11 is 1.81. The molecule has 0 aromatic carbocycles. The first-order chi connectivity index (χ1) is 13.4. The van der Waals surface area contributed by atoms with Gasteiger partial charge < -0.3 is 14.2 Å². The number of allylic oxidation sites excluding steroid dienone is 4. The molecule has 0 bridgehead atoms. The third-order valence-corrected chi connectivity index (χ3v) is 6.28. The fourth-order valence-corrected chi connectivity index (χ4v) is 4.03. The summed E-state index contributed by atoms with van der Waals surface area (Å²) in [5.41, 5.74) is 0. The average Bonchev–Trinajstić information content (AvgIpc) is 3.16. The predicted molar refractivity (Wildman–Crippen MR) is 119 cm³/mol. The Balaban J connectivity index is 1.66. The quantitative estimate of drug-likeness (QED) is 0.269. The molecular weight excluding hydrogens is 370 g/mol. The first kappa shape index (κ1) is 22.9. The number of rotatable bonds is 10. The van der Waals surface area contributed by atoms with Crippen LogP contribution in [0.5, 0.6) is 0 Å². The van der Waals surface area contributed by atoms with Crippen LogP contribution in [0.2, 0.25) is 0 Å². The summed E-state index contributed by atoms with van der Waals surface area (Å²) in [7, 11) is 0. The van der Waals surface area contributed by atoms with Gasteiger partial charge in [-0.3, -0.25) is 0 Å². The van der Waals surface area contributed by atoms with Crippen molar-refractivity contribution in [1.82, 2.24) is 10.1 Å². The van der Waals surface area contributed by atoms with Crippen LogP contribution in [0.4, 0.5) is 6.01 Å². The molecule has 1 aliphatic heterocycles. The maximum atomic E-state index is 5.89. The van der Waals surface area contributed by atoms with Crippen LogP contribution in [0.3, 0.4) is 0 Å². The van der Waals surface area contributed by atoms with E-state index in [1.54, 1.807) is 0 Å². The maximum Gasteiger partial charge on any atom is 0.324 e. The topological polar surface area (TPSA) is 51.4 Å². The number of ether oxygens (including phenoxy) is 1. The smallest absolute Gasteiger partial charge is 0.324 e. The van der Waals surface area contributed by atoms with Crippen LogP contribution in [0.1, 0.15) is 72.0 Å². The molecule has 6 heteroatoms. The summed E-state index contributed by atoms with van der Waals surface area (Å²) < 4.78 is 11.3. The Kier molecular flexibility index (Phi) is 9.42. The van der Waals surface area contributed by atoms with Crippen LogP contribution < -0.4 is 4.90 Å². The van der Waals surface area contributed by atoms with E-state index in [1.807, 2.05) is 18.7 Å². The number of nitrogens with zero attached hydrogens (tertiary/aromatic N) is 3. The zero-order chi connectivity index (χ0) is 20.5. The van der Waals surface area contributed by atoms with Gasteiger partial charge >= 0.3 is 6.01 Å². The number of hydrogen-bond acceptors (Lipinski definition) is 6. The molecule has 0 radical (unpaired) electrons. The highest BCUT2D eigenvalue weighted by Crippen LogP contribution is 2.26. The van der Waals surface area contributed by atoms with Gasteiger partial charge in [-0.15, -0.1) is 11.8 Å². The highest BCUT2D eigenvalue weighted by molar-refractivity contribution is 8.02. The SMILES string of the molecule is CS/C(=C/C=C(\C)OCCCC1CCN(c2nc(C(C)C)no2)CC1)C(C)C. The normalized spacial score (nSPS) is 17.1. The van der Waals surface area contributed by atoms with Gasteiger partial charge in [0, 0.05) is 19.0 Å². The van der Waals surface area contributed by atoms with Crippen LogP contribution in [0.25, 0.3) is 0 Å². The lowest BCUT2D eigenvalue weighted by molar-refractivity contribution is 0.197. The highest BCUT2D eigenvalue weighted by atomic mass is 32.2. The average molecular weight is 408 g/mol. The van der Waals surface area contributed by atoms with Gasteiger partial charge in [-0.25, -0.2) is 0 Å². The second kappa shape index (κ2) is 11.5. The van der Waals surface area contributed by atoms with E-state index in [9.17, 15) is 0 Å². The molecule has 1 fully saturated rings. The second-order valence-corrected chi connectivity index (χ2v) is 9.10. The van der Waals surface area contributed by atoms with Crippen LogP contribution in [0.15, 0.2) is 27.3 Å². The highest BCUT2D eigenvalue weighted by Gasteiger charge is 2.23. The molecule has 0 spiro atoms. The molecule has 5 nitrogen and oxygen atoms in total. The van der Waals surface area contributed by atoms with Gasteiger partial charge in [0.25, 0.3) is 0 Å². The van der Waals surface area contributed by atoms with E-state index in [-0.39, 0.29) is 0 Å². The fraction of sp³-hybridized carbons (Fsp3) is 0.727. The lowest BCUT2D eigenvalue weighted by Crippen LogP contribution is -2.34. The Morgan fingerprint density at radius 1 is 1.25 bits per heavy atom. The Bertz CT molecular complexity index is 644. The molecule has 2 rings (SSSR count). The molecule has 28 heavy (non-hydrogen) atoms. The van der Waals surface area contributed by atoms with E-state index in [1.165, 1.54) is 24.2 Å². The van der Waals surface area contributed by atoms with E-state index < -0.39 is 0 Å². The van der Waals surface area contributed by atoms with E-state index in [0.29, 0.717) is 17.9 Å². The maximum absolute atomic E-state index is 5.89. The number of thioether (sulfide) groups is 1. The Labute approximate surface area is 175 Å². The minimum atomic E-state index is 0.306. The Hall–Kier alpha value is -1.43. The predicted octanol–water partition coefficient (Wildman–Crippen LogP) is 6.01. The molecular formula is C22H37N3O2S. The molecule has 0 amide bonds. The Morgan fingerprint density at radius 3 is 2.54 bits per heavy atom. The van der Waals surface area contributed by atoms with Gasteiger partial charge in [0.1, 0.15) is 0 Å². The van der Waals surface area contributed by atoms with Gasteiger partial charge in [0.15, 0.2) is 5.82 Å². The number of aromatic nitrogens is 2. The number of piperidine rings is 1. The molecule has 0 N–H and O–H groups in total. The van der Waals surface area contributed by atoms with Gasteiger partial charge in [-0.1, -0.05) is 32.9 Å². The van der Waals surface area contributed by atoms with Crippen LogP contribution >= 0.6 is 11.8 Å². The van der Waals surface area contributed by atoms with Crippen LogP contribution in [0, 0.1) is 11.8 Å². The first-order valence-corrected chi connectivity index (χ1v) is 11.8. The summed E-state index contributed by atoms with van der Waals surface area (Å²) in [5.74, 6) is 3.43. The van der Waals surface area contributed by atoms with Crippen molar-refractivity contribution in [3.05, 3.63) is 28.6 Å². The van der Waals surface area contributed by atoms with Crippen molar-refractivity contribution in [1.29, 1.82) is 0 Å². The van der Waals surface area contributed by atoms with Crippen molar-refractivity contribution in [3.63, 3.8) is 0 Å². The largest absolute Gasteiger partial charge is 0.498 e. The zero-order valence-corrected chi connectivity index (χ0v) is 19.2. The summed E-state index contributed by atoms with van der Waals surface area (Å²) in [6.45, 7) is 13.5. The molecule has 0 unspecified atom stereocenters. The standard InChI is InChI=1S/C22H37N3O2S/c1-16(2)20(28-6)10-9-18(5)26-15-7-8-19-11-13-25(14-12-19)22-23-21(17(3)4)24-27-22/h9-10,16-17,19H,7-8,11-15H2,1-6H3/b18-9+,20-10+. The monoisotopic (exact) mass is 407 g/mol. The van der Waals surface area contributed by atoms with Gasteiger partial charge in [0.2, 0.25) is 0 Å². The molecule has 1 aromatic rings. The van der Waals surface area contributed by atoms with Crippen molar-refractivity contribution in [2.75, 3.05) is 30.9 Å². The van der Waals surface area contributed by atoms with Crippen molar-refractivity contribution in [2.24, 2.45) is 11.8 Å². The van der Waals surface area contributed by atoms with Crippen molar-refractivity contribution >= 4 is 17.8 Å². The Morgan fingerprint density at radius 2 is 1.96 bits per heavy atom. The van der Waals surface area contributed by atoms with E-state index >= 15 is 0 Å². The second-order valence-electron chi connectivity index (χ2n) is 8.22. The minimum Gasteiger partial charge on any atom is -0.498 e. The van der Waals surface area contributed by atoms with E-state index in [2.05, 4.69) is 61.1 Å². The van der Waals surface area contributed by atoms with Gasteiger partial charge in [0.05, 0.1) is 12.4 Å². The third kappa shape index (κ3) is 7.19. The molecule has 0 aliphatic carbocycles. The van der Waals surface area contributed by atoms with Crippen molar-refractivity contribution in [3.8, 4) is 0 Å². The molecule has 0 atom stereocenters. The minimum absolute atomic E-state index is 0.306. The lowest BCUT2D eigenvalue weighted by atomic mass is 9.92. The summed E-state index contributed by atoms with van der Waals surface area (Å²) in [4.78, 5) is 8.13. The molecule has 1 saturated heterocycles. The summed E-state index contributed by atoms with van der Waals surface area (Å²) in [6.07, 6.45) is 11.1. The van der Waals surface area contributed by atoms with Crippen molar-refractivity contribution < 1.29 is 9.26 Å². The third-order valence-electron chi connectivity index (χ3n) is 5.21. The van der Waals surface area contributed by atoms with Gasteiger partial charge in [-0.2, -0.15) is 4.98 Å². The van der Waals surface area contributed by atoms with Crippen LogP contribution in [-0.2, 0) is 4.74 Å². The molecule has 0 saturated carbocycles. The number of anilines is 1. The summed E-state index contributed by atoms with van der Waals surface area (Å²) in [5, 5.41) is 4.07.